The van der Waals surface area contributed by atoms with E-state index in [0.29, 0.717) is 13.2 Å². The highest BCUT2D eigenvalue weighted by Crippen LogP contribution is 2.12. The third-order valence-electron chi connectivity index (χ3n) is 2.64. The number of aliphatic hydroxyl groups excluding tert-OH is 1. The van der Waals surface area contributed by atoms with Gasteiger partial charge in [0.15, 0.2) is 0 Å². The van der Waals surface area contributed by atoms with Crippen molar-refractivity contribution in [1.29, 1.82) is 0 Å². The van der Waals surface area contributed by atoms with Crippen molar-refractivity contribution in [3.05, 3.63) is 29.8 Å². The molecule has 0 fully saturated rings. The predicted octanol–water partition coefficient (Wildman–Crippen LogP) is 2.23. The minimum atomic E-state index is -0.620. The van der Waals surface area contributed by atoms with Crippen molar-refractivity contribution in [2.24, 2.45) is 5.92 Å². The molecular weight excluding hydrogens is 228 g/mol. The molecule has 0 aliphatic heterocycles. The topological polar surface area (TPSA) is 38.7 Å². The molecule has 0 saturated carbocycles. The number of aliphatic hydroxyl groups is 1. The van der Waals surface area contributed by atoms with Crippen LogP contribution in [0.15, 0.2) is 24.3 Å². The average Bonchev–Trinajstić information content (AvgIpc) is 2.39. The lowest BCUT2D eigenvalue weighted by atomic mass is 10.1. The molecule has 0 spiro atoms. The van der Waals surface area contributed by atoms with Gasteiger partial charge in [-0.15, -0.1) is 5.92 Å². The summed E-state index contributed by atoms with van der Waals surface area (Å²) in [6.45, 7) is 4.65. The van der Waals surface area contributed by atoms with Crippen LogP contribution in [0.3, 0.4) is 0 Å². The lowest BCUT2D eigenvalue weighted by Crippen LogP contribution is -2.20. The molecule has 3 heteroatoms. The summed E-state index contributed by atoms with van der Waals surface area (Å²) in [4.78, 5) is 0. The molecule has 0 radical (unpaired) electrons. The van der Waals surface area contributed by atoms with Gasteiger partial charge in [-0.05, 0) is 24.6 Å². The molecule has 1 rings (SSSR count). The molecule has 18 heavy (non-hydrogen) atoms. The maximum absolute atomic E-state index is 9.61. The number of rotatable bonds is 6. The monoisotopic (exact) mass is 248 g/mol. The van der Waals surface area contributed by atoms with Crippen LogP contribution in [0, 0.1) is 17.8 Å². The number of hydrogen-bond donors (Lipinski definition) is 1. The van der Waals surface area contributed by atoms with Gasteiger partial charge in [-0.25, -0.2) is 0 Å². The Labute approximate surface area is 109 Å². The summed E-state index contributed by atoms with van der Waals surface area (Å²) in [6, 6.07) is 7.73. The molecule has 0 aromatic heterocycles. The van der Waals surface area contributed by atoms with Gasteiger partial charge in [0, 0.05) is 5.92 Å². The van der Waals surface area contributed by atoms with Crippen molar-refractivity contribution >= 4 is 0 Å². The van der Waals surface area contributed by atoms with Crippen LogP contribution in [0.4, 0.5) is 0 Å². The van der Waals surface area contributed by atoms with Crippen molar-refractivity contribution in [2.45, 2.75) is 26.6 Å². The Morgan fingerprint density at radius 2 is 1.94 bits per heavy atom. The van der Waals surface area contributed by atoms with E-state index in [9.17, 15) is 5.11 Å². The number of benzene rings is 1. The SMILES string of the molecule is CC#C[C@@H](O)[C@@H](C)COCc1ccc(OC)cc1. The van der Waals surface area contributed by atoms with Crippen LogP contribution >= 0.6 is 0 Å². The van der Waals surface area contributed by atoms with Gasteiger partial charge in [0.2, 0.25) is 0 Å². The lowest BCUT2D eigenvalue weighted by molar-refractivity contribution is 0.0503. The van der Waals surface area contributed by atoms with E-state index in [-0.39, 0.29) is 5.92 Å². The molecule has 0 unspecified atom stereocenters. The van der Waals surface area contributed by atoms with Crippen LogP contribution in [-0.4, -0.2) is 24.9 Å². The van der Waals surface area contributed by atoms with Gasteiger partial charge >= 0.3 is 0 Å². The summed E-state index contributed by atoms with van der Waals surface area (Å²) in [6.07, 6.45) is -0.620. The number of hydrogen-bond acceptors (Lipinski definition) is 3. The first-order chi connectivity index (χ1) is 8.67. The second-order valence-corrected chi connectivity index (χ2v) is 4.18. The van der Waals surface area contributed by atoms with Crippen molar-refractivity contribution in [3.63, 3.8) is 0 Å². The van der Waals surface area contributed by atoms with Gasteiger partial charge in [0.05, 0.1) is 20.3 Å². The first kappa shape index (κ1) is 14.6. The highest BCUT2D eigenvalue weighted by Gasteiger charge is 2.11. The molecular formula is C15H20O3. The van der Waals surface area contributed by atoms with E-state index < -0.39 is 6.10 Å². The van der Waals surface area contributed by atoms with Gasteiger partial charge in [0.1, 0.15) is 11.9 Å². The van der Waals surface area contributed by atoms with E-state index in [4.69, 9.17) is 9.47 Å². The lowest BCUT2D eigenvalue weighted by Gasteiger charge is -2.14. The normalized spacial score (nSPS) is 13.3. The van der Waals surface area contributed by atoms with Gasteiger partial charge < -0.3 is 14.6 Å². The Morgan fingerprint density at radius 1 is 1.28 bits per heavy atom. The van der Waals surface area contributed by atoms with Crippen molar-refractivity contribution < 1.29 is 14.6 Å². The van der Waals surface area contributed by atoms with Gasteiger partial charge in [-0.3, -0.25) is 0 Å². The average molecular weight is 248 g/mol. The van der Waals surface area contributed by atoms with E-state index in [1.54, 1.807) is 14.0 Å². The Balaban J connectivity index is 2.33. The Bertz CT molecular complexity index is 400. The van der Waals surface area contributed by atoms with Gasteiger partial charge in [-0.2, -0.15) is 0 Å². The molecule has 0 amide bonds. The standard InChI is InChI=1S/C15H20O3/c1-4-5-15(16)12(2)10-18-11-13-6-8-14(17-3)9-7-13/h6-9,12,15-16H,10-11H2,1-3H3/t12-,15+/m0/s1. The molecule has 0 aliphatic carbocycles. The molecule has 98 valence electrons. The highest BCUT2D eigenvalue weighted by atomic mass is 16.5. The second kappa shape index (κ2) is 7.75. The summed E-state index contributed by atoms with van der Waals surface area (Å²) >= 11 is 0. The molecule has 1 N–H and O–H groups in total. The second-order valence-electron chi connectivity index (χ2n) is 4.18. The molecule has 2 atom stereocenters. The predicted molar refractivity (Wildman–Crippen MR) is 71.3 cm³/mol. The Hall–Kier alpha value is -1.50. The minimum Gasteiger partial charge on any atom is -0.497 e. The zero-order valence-electron chi connectivity index (χ0n) is 11.1. The van der Waals surface area contributed by atoms with Crippen LogP contribution in [0.5, 0.6) is 5.75 Å². The fourth-order valence-electron chi connectivity index (χ4n) is 1.47. The van der Waals surface area contributed by atoms with E-state index in [1.807, 2.05) is 31.2 Å². The third-order valence-corrected chi connectivity index (χ3v) is 2.64. The first-order valence-electron chi connectivity index (χ1n) is 5.98. The summed E-state index contributed by atoms with van der Waals surface area (Å²) in [7, 11) is 1.64. The van der Waals surface area contributed by atoms with Crippen LogP contribution < -0.4 is 4.74 Å². The van der Waals surface area contributed by atoms with Crippen LogP contribution in [0.1, 0.15) is 19.4 Å². The van der Waals surface area contributed by atoms with Crippen LogP contribution in [-0.2, 0) is 11.3 Å². The van der Waals surface area contributed by atoms with Crippen molar-refractivity contribution in [3.8, 4) is 17.6 Å². The fourth-order valence-corrected chi connectivity index (χ4v) is 1.47. The van der Waals surface area contributed by atoms with E-state index in [1.165, 1.54) is 0 Å². The maximum Gasteiger partial charge on any atom is 0.119 e. The van der Waals surface area contributed by atoms with E-state index in [2.05, 4.69) is 11.8 Å². The zero-order chi connectivity index (χ0) is 13.4. The van der Waals surface area contributed by atoms with Crippen LogP contribution in [0.2, 0.25) is 0 Å². The third kappa shape index (κ3) is 4.79. The fraction of sp³-hybridized carbons (Fsp3) is 0.467. The summed E-state index contributed by atoms with van der Waals surface area (Å²) in [5, 5.41) is 9.61. The largest absolute Gasteiger partial charge is 0.497 e. The molecule has 0 saturated heterocycles. The minimum absolute atomic E-state index is 0.00991. The molecule has 0 aliphatic rings. The van der Waals surface area contributed by atoms with E-state index >= 15 is 0 Å². The molecule has 3 nitrogen and oxygen atoms in total. The first-order valence-corrected chi connectivity index (χ1v) is 5.98. The molecule has 1 aromatic carbocycles. The molecule has 1 aromatic rings. The Kier molecular flexibility index (Phi) is 6.27. The smallest absolute Gasteiger partial charge is 0.119 e. The van der Waals surface area contributed by atoms with Gasteiger partial charge in [-0.1, -0.05) is 25.0 Å². The van der Waals surface area contributed by atoms with Gasteiger partial charge in [0.25, 0.3) is 0 Å². The highest BCUT2D eigenvalue weighted by molar-refractivity contribution is 5.26. The Morgan fingerprint density at radius 3 is 2.50 bits per heavy atom. The number of methoxy groups -OCH3 is 1. The van der Waals surface area contributed by atoms with Crippen molar-refractivity contribution in [2.75, 3.05) is 13.7 Å². The summed E-state index contributed by atoms with van der Waals surface area (Å²) in [5.41, 5.74) is 1.08. The van der Waals surface area contributed by atoms with Crippen molar-refractivity contribution in [1.82, 2.24) is 0 Å². The molecule has 0 heterocycles. The quantitative estimate of drug-likeness (QED) is 0.785. The summed E-state index contributed by atoms with van der Waals surface area (Å²) in [5.74, 6) is 6.26. The summed E-state index contributed by atoms with van der Waals surface area (Å²) < 4.78 is 10.6. The van der Waals surface area contributed by atoms with E-state index in [0.717, 1.165) is 11.3 Å². The maximum atomic E-state index is 9.61. The van der Waals surface area contributed by atoms with Crippen LogP contribution in [0.25, 0.3) is 0 Å². The molecule has 0 bridgehead atoms. The number of ether oxygens (including phenoxy) is 2. The zero-order valence-corrected chi connectivity index (χ0v) is 11.1.